The number of nitrogens with zero attached hydrogens (tertiary/aromatic N) is 4. The van der Waals surface area contributed by atoms with Crippen LogP contribution in [0.1, 0.15) is 25.8 Å². The molecular weight excluding hydrogens is 477 g/mol. The number of benzene rings is 1. The normalized spacial score (nSPS) is 18.1. The molecule has 2 aliphatic heterocycles. The molecule has 1 aromatic rings. The Labute approximate surface area is 192 Å². The fourth-order valence-electron chi connectivity index (χ4n) is 3.79. The molecule has 1 fully saturated rings. The van der Waals surface area contributed by atoms with Gasteiger partial charge in [0.25, 0.3) is 0 Å². The fraction of sp³-hybridized carbons (Fsp3) is 0.545. The zero-order chi connectivity index (χ0) is 19.8. The predicted octanol–water partition coefficient (Wildman–Crippen LogP) is 2.52. The standard InChI is InChI=1S/C22H33N5O.HI/c1-3-23-22(24-11-14-25-15-17-26(18-16-25)19(2)28)27-12-9-21(10-13-27)20-7-5-4-6-8-20;/h4-9H,3,10-18H2,1-2H3,(H,23,24);1H. The Balaban J connectivity index is 0.00000300. The number of hydrogen-bond acceptors (Lipinski definition) is 3. The van der Waals surface area contributed by atoms with Crippen LogP contribution in [0, 0.1) is 0 Å². The molecule has 29 heavy (non-hydrogen) atoms. The van der Waals surface area contributed by atoms with E-state index in [-0.39, 0.29) is 29.9 Å². The lowest BCUT2D eigenvalue weighted by molar-refractivity contribution is -0.130. The first-order valence-electron chi connectivity index (χ1n) is 10.4. The van der Waals surface area contributed by atoms with Gasteiger partial charge in [-0.15, -0.1) is 24.0 Å². The van der Waals surface area contributed by atoms with Gasteiger partial charge in [-0.25, -0.2) is 0 Å². The van der Waals surface area contributed by atoms with Crippen molar-refractivity contribution >= 4 is 41.4 Å². The first kappa shape index (κ1) is 23.7. The molecular formula is C22H34IN5O. The number of rotatable bonds is 5. The van der Waals surface area contributed by atoms with E-state index in [2.05, 4.69) is 58.4 Å². The molecule has 1 saturated heterocycles. The van der Waals surface area contributed by atoms with E-state index in [0.717, 1.165) is 71.3 Å². The van der Waals surface area contributed by atoms with Crippen molar-refractivity contribution in [1.82, 2.24) is 20.0 Å². The van der Waals surface area contributed by atoms with Crippen molar-refractivity contribution in [2.24, 2.45) is 4.99 Å². The molecule has 1 N–H and O–H groups in total. The average Bonchev–Trinajstić information content (AvgIpc) is 2.74. The maximum atomic E-state index is 11.4. The van der Waals surface area contributed by atoms with Crippen LogP contribution in [0.2, 0.25) is 0 Å². The van der Waals surface area contributed by atoms with Gasteiger partial charge in [0.2, 0.25) is 5.91 Å². The summed E-state index contributed by atoms with van der Waals surface area (Å²) in [4.78, 5) is 23.0. The summed E-state index contributed by atoms with van der Waals surface area (Å²) in [6.07, 6.45) is 3.37. The largest absolute Gasteiger partial charge is 0.357 e. The molecule has 6 nitrogen and oxygen atoms in total. The molecule has 2 heterocycles. The number of nitrogens with one attached hydrogen (secondary N) is 1. The van der Waals surface area contributed by atoms with Crippen molar-refractivity contribution in [2.75, 3.05) is 58.9 Å². The number of carbonyl (C=O) groups excluding carboxylic acids is 1. The van der Waals surface area contributed by atoms with Crippen LogP contribution in [0.3, 0.4) is 0 Å². The Hall–Kier alpha value is -1.61. The van der Waals surface area contributed by atoms with Crippen LogP contribution in [0.15, 0.2) is 41.4 Å². The van der Waals surface area contributed by atoms with E-state index in [1.165, 1.54) is 11.1 Å². The van der Waals surface area contributed by atoms with E-state index in [1.54, 1.807) is 6.92 Å². The molecule has 0 unspecified atom stereocenters. The van der Waals surface area contributed by atoms with Crippen LogP contribution < -0.4 is 5.32 Å². The molecule has 1 amide bonds. The summed E-state index contributed by atoms with van der Waals surface area (Å²) in [7, 11) is 0. The van der Waals surface area contributed by atoms with Gasteiger partial charge >= 0.3 is 0 Å². The van der Waals surface area contributed by atoms with E-state index in [4.69, 9.17) is 4.99 Å². The molecule has 1 aromatic carbocycles. The molecule has 0 spiro atoms. The van der Waals surface area contributed by atoms with Crippen LogP contribution in [0.4, 0.5) is 0 Å². The highest BCUT2D eigenvalue weighted by molar-refractivity contribution is 14.0. The van der Waals surface area contributed by atoms with Gasteiger partial charge in [0, 0.05) is 59.3 Å². The van der Waals surface area contributed by atoms with Gasteiger partial charge in [0.15, 0.2) is 5.96 Å². The minimum absolute atomic E-state index is 0. The molecule has 0 aliphatic carbocycles. The first-order chi connectivity index (χ1) is 13.7. The third-order valence-electron chi connectivity index (χ3n) is 5.48. The zero-order valence-electron chi connectivity index (χ0n) is 17.6. The summed E-state index contributed by atoms with van der Waals surface area (Å²) in [5.41, 5.74) is 2.75. The van der Waals surface area contributed by atoms with Gasteiger partial charge in [-0.2, -0.15) is 0 Å². The highest BCUT2D eigenvalue weighted by Crippen LogP contribution is 2.21. The van der Waals surface area contributed by atoms with Gasteiger partial charge in [-0.05, 0) is 24.5 Å². The molecule has 0 atom stereocenters. The van der Waals surface area contributed by atoms with Gasteiger partial charge in [0.1, 0.15) is 0 Å². The van der Waals surface area contributed by atoms with Crippen LogP contribution >= 0.6 is 24.0 Å². The van der Waals surface area contributed by atoms with Gasteiger partial charge < -0.3 is 15.1 Å². The van der Waals surface area contributed by atoms with Crippen molar-refractivity contribution in [3.05, 3.63) is 42.0 Å². The monoisotopic (exact) mass is 511 g/mol. The topological polar surface area (TPSA) is 51.2 Å². The molecule has 0 bridgehead atoms. The summed E-state index contributed by atoms with van der Waals surface area (Å²) in [6, 6.07) is 10.6. The maximum Gasteiger partial charge on any atom is 0.219 e. The highest BCUT2D eigenvalue weighted by Gasteiger charge is 2.19. The third kappa shape index (κ3) is 6.99. The lowest BCUT2D eigenvalue weighted by Gasteiger charge is -2.34. The van der Waals surface area contributed by atoms with Gasteiger partial charge in [0.05, 0.1) is 6.54 Å². The summed E-state index contributed by atoms with van der Waals surface area (Å²) >= 11 is 0. The molecule has 0 saturated carbocycles. The minimum atomic E-state index is 0. The lowest BCUT2D eigenvalue weighted by Crippen LogP contribution is -2.49. The second kappa shape index (κ2) is 12.2. The van der Waals surface area contributed by atoms with Crippen LogP contribution in [-0.2, 0) is 4.79 Å². The van der Waals surface area contributed by atoms with Crippen molar-refractivity contribution in [1.29, 1.82) is 0 Å². The fourth-order valence-corrected chi connectivity index (χ4v) is 3.79. The number of piperazine rings is 1. The minimum Gasteiger partial charge on any atom is -0.357 e. The summed E-state index contributed by atoms with van der Waals surface area (Å²) in [6.45, 7) is 11.8. The Bertz CT molecular complexity index is 698. The van der Waals surface area contributed by atoms with Crippen LogP contribution in [0.5, 0.6) is 0 Å². The number of guanidine groups is 1. The molecule has 0 aromatic heterocycles. The molecule has 7 heteroatoms. The number of aliphatic imine (C=N–C) groups is 1. The van der Waals surface area contributed by atoms with Crippen molar-refractivity contribution < 1.29 is 4.79 Å². The van der Waals surface area contributed by atoms with E-state index in [1.807, 2.05) is 4.90 Å². The molecule has 160 valence electrons. The smallest absolute Gasteiger partial charge is 0.219 e. The highest BCUT2D eigenvalue weighted by atomic mass is 127. The van der Waals surface area contributed by atoms with Crippen LogP contribution in [0.25, 0.3) is 5.57 Å². The van der Waals surface area contributed by atoms with E-state index < -0.39 is 0 Å². The lowest BCUT2D eigenvalue weighted by atomic mass is 10.00. The predicted molar refractivity (Wildman–Crippen MR) is 131 cm³/mol. The van der Waals surface area contributed by atoms with Crippen molar-refractivity contribution in [3.8, 4) is 0 Å². The van der Waals surface area contributed by atoms with E-state index in [0.29, 0.717) is 0 Å². The van der Waals surface area contributed by atoms with E-state index >= 15 is 0 Å². The Morgan fingerprint density at radius 3 is 2.38 bits per heavy atom. The maximum absolute atomic E-state index is 11.4. The molecule has 0 radical (unpaired) electrons. The summed E-state index contributed by atoms with van der Waals surface area (Å²) in [5, 5.41) is 3.44. The zero-order valence-corrected chi connectivity index (χ0v) is 20.0. The van der Waals surface area contributed by atoms with E-state index in [9.17, 15) is 4.79 Å². The number of amides is 1. The van der Waals surface area contributed by atoms with Gasteiger partial charge in [-0.1, -0.05) is 36.4 Å². The quantitative estimate of drug-likeness (QED) is 0.375. The summed E-state index contributed by atoms with van der Waals surface area (Å²) < 4.78 is 0. The average molecular weight is 511 g/mol. The Kier molecular flexibility index (Phi) is 9.93. The van der Waals surface area contributed by atoms with Crippen LogP contribution in [-0.4, -0.2) is 85.5 Å². The third-order valence-corrected chi connectivity index (χ3v) is 5.48. The molecule has 2 aliphatic rings. The van der Waals surface area contributed by atoms with Crippen molar-refractivity contribution in [2.45, 2.75) is 20.3 Å². The second-order valence-electron chi connectivity index (χ2n) is 7.37. The SMILES string of the molecule is CCNC(=NCCN1CCN(C(C)=O)CC1)N1CC=C(c2ccccc2)CC1.I. The Morgan fingerprint density at radius 2 is 1.79 bits per heavy atom. The second-order valence-corrected chi connectivity index (χ2v) is 7.37. The van der Waals surface area contributed by atoms with Gasteiger partial charge in [-0.3, -0.25) is 14.7 Å². The molecule has 3 rings (SSSR count). The Morgan fingerprint density at radius 1 is 1.07 bits per heavy atom. The number of carbonyl (C=O) groups is 1. The number of halogens is 1. The number of hydrogen-bond donors (Lipinski definition) is 1. The first-order valence-corrected chi connectivity index (χ1v) is 10.4. The van der Waals surface area contributed by atoms with Crippen molar-refractivity contribution in [3.63, 3.8) is 0 Å². The summed E-state index contributed by atoms with van der Waals surface area (Å²) in [5.74, 6) is 1.19.